The molecule has 0 rings (SSSR count). The van der Waals surface area contributed by atoms with Gasteiger partial charge in [-0.2, -0.15) is 0 Å². The summed E-state index contributed by atoms with van der Waals surface area (Å²) in [7, 11) is 2.86. The zero-order valence-corrected chi connectivity index (χ0v) is 4.85. The first-order valence-electron chi connectivity index (χ1n) is 2.40. The zero-order chi connectivity index (χ0) is 6.41. The van der Waals surface area contributed by atoms with Crippen molar-refractivity contribution in [3.05, 3.63) is 7.11 Å². The van der Waals surface area contributed by atoms with Crippen LogP contribution in [0.3, 0.4) is 0 Å². The summed E-state index contributed by atoms with van der Waals surface area (Å²) in [5, 5.41) is 0. The van der Waals surface area contributed by atoms with Crippen LogP contribution in [0.1, 0.15) is 13.3 Å². The van der Waals surface area contributed by atoms with Gasteiger partial charge in [0, 0.05) is 0 Å². The number of ether oxygens (including phenoxy) is 2. The molecule has 3 nitrogen and oxygen atoms in total. The first-order valence-corrected chi connectivity index (χ1v) is 2.40. The Balaban J connectivity index is 2.99. The molecule has 0 aromatic heterocycles. The smallest absolute Gasteiger partial charge is 0.434 e. The highest BCUT2D eigenvalue weighted by molar-refractivity contribution is 5.59. The third-order valence-electron chi connectivity index (χ3n) is 0.542. The van der Waals surface area contributed by atoms with Crippen molar-refractivity contribution in [1.82, 2.24) is 0 Å². The van der Waals surface area contributed by atoms with Crippen molar-refractivity contribution in [3.63, 3.8) is 0 Å². The van der Waals surface area contributed by atoms with Crippen molar-refractivity contribution in [2.45, 2.75) is 13.3 Å². The molecule has 0 aromatic carbocycles. The lowest BCUT2D eigenvalue weighted by Crippen LogP contribution is -2.02. The molecular formula is C5H9O3. The average molecular weight is 117 g/mol. The Bertz CT molecular complexity index is 70.1. The van der Waals surface area contributed by atoms with Crippen molar-refractivity contribution >= 4 is 6.16 Å². The van der Waals surface area contributed by atoms with E-state index >= 15 is 0 Å². The van der Waals surface area contributed by atoms with Crippen LogP contribution in [0.5, 0.6) is 0 Å². The quantitative estimate of drug-likeness (QED) is 0.512. The molecule has 0 unspecified atom stereocenters. The van der Waals surface area contributed by atoms with E-state index < -0.39 is 6.16 Å². The van der Waals surface area contributed by atoms with E-state index in [1.54, 1.807) is 0 Å². The van der Waals surface area contributed by atoms with Crippen LogP contribution in [0.15, 0.2) is 0 Å². The van der Waals surface area contributed by atoms with Gasteiger partial charge in [-0.3, -0.25) is 0 Å². The highest BCUT2D eigenvalue weighted by Gasteiger charge is 1.95. The van der Waals surface area contributed by atoms with Gasteiger partial charge in [-0.05, 0) is 6.42 Å². The van der Waals surface area contributed by atoms with E-state index in [1.807, 2.05) is 6.92 Å². The summed E-state index contributed by atoms with van der Waals surface area (Å²) in [6.07, 6.45) is 0.0848. The summed E-state index contributed by atoms with van der Waals surface area (Å²) in [5.41, 5.74) is 0. The maximum atomic E-state index is 10.1. The lowest BCUT2D eigenvalue weighted by Gasteiger charge is -1.97. The monoisotopic (exact) mass is 117 g/mol. The van der Waals surface area contributed by atoms with E-state index in [-0.39, 0.29) is 0 Å². The standard InChI is InChI=1S/C5H9O3/c1-3-4-8-5(6)7-2/h2-4H2,1H3. The van der Waals surface area contributed by atoms with Gasteiger partial charge in [0.25, 0.3) is 0 Å². The molecule has 0 heterocycles. The fraction of sp³-hybridized carbons (Fsp3) is 0.600. The third-order valence-corrected chi connectivity index (χ3v) is 0.542. The molecular weight excluding hydrogens is 108 g/mol. The number of carbonyl (C=O) groups is 1. The first kappa shape index (κ1) is 7.27. The molecule has 0 aromatic rings. The molecule has 0 aliphatic rings. The molecule has 0 atom stereocenters. The fourth-order valence-corrected chi connectivity index (χ4v) is 0.227. The predicted octanol–water partition coefficient (Wildman–Crippen LogP) is 1.34. The highest BCUT2D eigenvalue weighted by Crippen LogP contribution is 1.84. The SMILES string of the molecule is [CH2]OC(=O)OCCC. The summed E-state index contributed by atoms with van der Waals surface area (Å²) in [6, 6.07) is 0. The Labute approximate surface area is 48.6 Å². The zero-order valence-electron chi connectivity index (χ0n) is 4.85. The molecule has 0 amide bonds. The van der Waals surface area contributed by atoms with Crippen LogP contribution in [-0.4, -0.2) is 12.8 Å². The molecule has 0 aliphatic heterocycles. The van der Waals surface area contributed by atoms with E-state index in [0.29, 0.717) is 6.61 Å². The van der Waals surface area contributed by atoms with Gasteiger partial charge in [-0.15, -0.1) is 0 Å². The van der Waals surface area contributed by atoms with Crippen LogP contribution >= 0.6 is 0 Å². The van der Waals surface area contributed by atoms with E-state index in [4.69, 9.17) is 0 Å². The molecule has 0 saturated heterocycles. The minimum Gasteiger partial charge on any atom is -0.434 e. The Morgan fingerprint density at radius 1 is 1.75 bits per heavy atom. The highest BCUT2D eigenvalue weighted by atomic mass is 16.7. The lowest BCUT2D eigenvalue weighted by molar-refractivity contribution is 0.0831. The van der Waals surface area contributed by atoms with Crippen LogP contribution in [-0.2, 0) is 9.47 Å². The second-order valence-corrected chi connectivity index (χ2v) is 1.24. The number of rotatable bonds is 2. The molecule has 0 fully saturated rings. The summed E-state index contributed by atoms with van der Waals surface area (Å²) in [5.74, 6) is 0. The molecule has 0 bridgehead atoms. The van der Waals surface area contributed by atoms with Gasteiger partial charge in [0.05, 0.1) is 6.61 Å². The summed E-state index contributed by atoms with van der Waals surface area (Å²) < 4.78 is 8.36. The average Bonchev–Trinajstić information content (AvgIpc) is 1.83. The first-order chi connectivity index (χ1) is 3.81. The maximum Gasteiger partial charge on any atom is 0.508 e. The van der Waals surface area contributed by atoms with E-state index in [2.05, 4.69) is 16.6 Å². The maximum absolute atomic E-state index is 10.1. The number of hydrogen-bond donors (Lipinski definition) is 0. The van der Waals surface area contributed by atoms with Gasteiger partial charge in [0.2, 0.25) is 0 Å². The largest absolute Gasteiger partial charge is 0.508 e. The summed E-state index contributed by atoms with van der Waals surface area (Å²) >= 11 is 0. The Morgan fingerprint density at radius 2 is 2.38 bits per heavy atom. The Kier molecular flexibility index (Phi) is 4.03. The van der Waals surface area contributed by atoms with Crippen LogP contribution in [0.25, 0.3) is 0 Å². The molecule has 47 valence electrons. The minimum absolute atomic E-state index is 0.397. The Hall–Kier alpha value is -0.730. The molecule has 0 saturated carbocycles. The molecule has 3 heteroatoms. The van der Waals surface area contributed by atoms with Crippen molar-refractivity contribution in [3.8, 4) is 0 Å². The van der Waals surface area contributed by atoms with Crippen molar-refractivity contribution < 1.29 is 14.3 Å². The second-order valence-electron chi connectivity index (χ2n) is 1.24. The molecule has 0 aliphatic carbocycles. The Morgan fingerprint density at radius 3 is 2.75 bits per heavy atom. The second kappa shape index (κ2) is 4.43. The van der Waals surface area contributed by atoms with Crippen LogP contribution in [0, 0.1) is 7.11 Å². The van der Waals surface area contributed by atoms with E-state index in [1.165, 1.54) is 0 Å². The van der Waals surface area contributed by atoms with Gasteiger partial charge in [-0.1, -0.05) is 6.92 Å². The topological polar surface area (TPSA) is 35.5 Å². The third kappa shape index (κ3) is 3.46. The van der Waals surface area contributed by atoms with Gasteiger partial charge >= 0.3 is 6.16 Å². The fourth-order valence-electron chi connectivity index (χ4n) is 0.227. The normalized spacial score (nSPS) is 8.25. The molecule has 1 radical (unpaired) electrons. The van der Waals surface area contributed by atoms with Gasteiger partial charge in [-0.25, -0.2) is 4.79 Å². The summed E-state index contributed by atoms with van der Waals surface area (Å²) in [4.78, 5) is 10.1. The predicted molar refractivity (Wildman–Crippen MR) is 28.1 cm³/mol. The van der Waals surface area contributed by atoms with E-state index in [0.717, 1.165) is 6.42 Å². The van der Waals surface area contributed by atoms with Gasteiger partial charge in [0.1, 0.15) is 7.11 Å². The lowest BCUT2D eigenvalue weighted by atomic mass is 10.5. The van der Waals surface area contributed by atoms with Crippen molar-refractivity contribution in [2.24, 2.45) is 0 Å². The number of hydrogen-bond acceptors (Lipinski definition) is 3. The number of carbonyl (C=O) groups excluding carboxylic acids is 1. The van der Waals surface area contributed by atoms with Crippen molar-refractivity contribution in [1.29, 1.82) is 0 Å². The minimum atomic E-state index is -0.716. The van der Waals surface area contributed by atoms with Crippen molar-refractivity contribution in [2.75, 3.05) is 6.61 Å². The van der Waals surface area contributed by atoms with Gasteiger partial charge < -0.3 is 9.47 Å². The molecule has 8 heavy (non-hydrogen) atoms. The van der Waals surface area contributed by atoms with Crippen LogP contribution in [0.4, 0.5) is 4.79 Å². The van der Waals surface area contributed by atoms with Gasteiger partial charge in [0.15, 0.2) is 0 Å². The summed E-state index contributed by atoms with van der Waals surface area (Å²) in [6.45, 7) is 2.30. The van der Waals surface area contributed by atoms with Crippen LogP contribution in [0.2, 0.25) is 0 Å². The molecule has 0 spiro atoms. The van der Waals surface area contributed by atoms with Crippen LogP contribution < -0.4 is 0 Å². The van der Waals surface area contributed by atoms with E-state index in [9.17, 15) is 4.79 Å². The molecule has 0 N–H and O–H groups in total.